The van der Waals surface area contributed by atoms with E-state index in [0.29, 0.717) is 6.07 Å². The van der Waals surface area contributed by atoms with Crippen LogP contribution in [0.3, 0.4) is 0 Å². The van der Waals surface area contributed by atoms with Crippen molar-refractivity contribution in [2.75, 3.05) is 0 Å². The van der Waals surface area contributed by atoms with E-state index in [1.165, 1.54) is 0 Å². The van der Waals surface area contributed by atoms with Crippen LogP contribution in [0.2, 0.25) is 0 Å². The van der Waals surface area contributed by atoms with Gasteiger partial charge in [-0.1, -0.05) is 0 Å². The van der Waals surface area contributed by atoms with Gasteiger partial charge in [0.2, 0.25) is 0 Å². The number of primary amides is 1. The van der Waals surface area contributed by atoms with Gasteiger partial charge in [-0.15, -0.1) is 0 Å². The minimum atomic E-state index is -1.20. The van der Waals surface area contributed by atoms with Crippen molar-refractivity contribution in [3.8, 4) is 5.75 Å². The van der Waals surface area contributed by atoms with Crippen molar-refractivity contribution in [3.05, 3.63) is 29.3 Å². The highest BCUT2D eigenvalue weighted by Gasteiger charge is 2.16. The van der Waals surface area contributed by atoms with Gasteiger partial charge < -0.3 is 10.8 Å². The van der Waals surface area contributed by atoms with E-state index < -0.39 is 28.9 Å². The van der Waals surface area contributed by atoms with Gasteiger partial charge in [0, 0.05) is 0 Å². The van der Waals surface area contributed by atoms with Crippen LogP contribution in [0.1, 0.15) is 10.4 Å². The van der Waals surface area contributed by atoms with Crippen LogP contribution in [-0.2, 0) is 0 Å². The molecule has 0 radical (unpaired) electrons. The summed E-state index contributed by atoms with van der Waals surface area (Å²) in [6.45, 7) is 0. The molecule has 1 amide bonds. The summed E-state index contributed by atoms with van der Waals surface area (Å²) in [4.78, 5) is 10.5. The number of benzene rings is 1. The molecule has 5 heteroatoms. The molecule has 0 unspecified atom stereocenters. The topological polar surface area (TPSA) is 63.3 Å². The number of phenols is 1. The molecule has 0 aliphatic carbocycles. The lowest BCUT2D eigenvalue weighted by atomic mass is 10.1. The molecule has 0 saturated carbocycles. The molecule has 1 aromatic carbocycles. The number of aromatic hydroxyl groups is 1. The quantitative estimate of drug-likeness (QED) is 0.658. The van der Waals surface area contributed by atoms with Crippen LogP contribution >= 0.6 is 0 Å². The Morgan fingerprint density at radius 2 is 1.83 bits per heavy atom. The molecule has 0 saturated heterocycles. The molecule has 0 atom stereocenters. The van der Waals surface area contributed by atoms with Gasteiger partial charge in [0.05, 0.1) is 0 Å². The van der Waals surface area contributed by atoms with Crippen molar-refractivity contribution in [3.63, 3.8) is 0 Å². The first-order valence-corrected chi connectivity index (χ1v) is 3.01. The second-order valence-electron chi connectivity index (χ2n) is 2.12. The molecule has 0 aliphatic rings. The SMILES string of the molecule is NC(=O)c1c(F)ccc(F)c1O. The Kier molecular flexibility index (Phi) is 1.95. The van der Waals surface area contributed by atoms with E-state index in [0.717, 1.165) is 6.07 Å². The lowest BCUT2D eigenvalue weighted by molar-refractivity contribution is 0.0993. The standard InChI is InChI=1S/C7H5F2NO2/c8-3-1-2-4(9)6(11)5(3)7(10)12/h1-2,11H,(H2,10,12). The van der Waals surface area contributed by atoms with Crippen LogP contribution in [0, 0.1) is 11.6 Å². The Morgan fingerprint density at radius 1 is 1.33 bits per heavy atom. The molecule has 0 heterocycles. The summed E-state index contributed by atoms with van der Waals surface area (Å²) in [5, 5.41) is 8.83. The number of halogens is 2. The van der Waals surface area contributed by atoms with Crippen LogP contribution in [0.15, 0.2) is 12.1 Å². The molecule has 12 heavy (non-hydrogen) atoms. The molecular formula is C7H5F2NO2. The van der Waals surface area contributed by atoms with Crippen LogP contribution in [-0.4, -0.2) is 11.0 Å². The average molecular weight is 173 g/mol. The van der Waals surface area contributed by atoms with Crippen molar-refractivity contribution in [2.24, 2.45) is 5.73 Å². The minimum absolute atomic E-state index is 0.705. The molecule has 1 aromatic rings. The Bertz CT molecular complexity index is 338. The average Bonchev–Trinajstić information content (AvgIpc) is 1.97. The van der Waals surface area contributed by atoms with E-state index >= 15 is 0 Å². The summed E-state index contributed by atoms with van der Waals surface area (Å²) in [5.41, 5.74) is 3.85. The van der Waals surface area contributed by atoms with Crippen molar-refractivity contribution in [2.45, 2.75) is 0 Å². The summed E-state index contributed by atoms with van der Waals surface area (Å²) < 4.78 is 25.1. The Balaban J connectivity index is 3.43. The van der Waals surface area contributed by atoms with Crippen LogP contribution < -0.4 is 5.73 Å². The number of carbonyl (C=O) groups excluding carboxylic acids is 1. The highest BCUT2D eigenvalue weighted by atomic mass is 19.1. The zero-order valence-corrected chi connectivity index (χ0v) is 5.84. The zero-order chi connectivity index (χ0) is 9.30. The van der Waals surface area contributed by atoms with E-state index in [9.17, 15) is 13.6 Å². The first-order chi connectivity index (χ1) is 5.54. The highest BCUT2D eigenvalue weighted by Crippen LogP contribution is 2.22. The Morgan fingerprint density at radius 3 is 2.25 bits per heavy atom. The fourth-order valence-corrected chi connectivity index (χ4v) is 0.776. The normalized spacial score (nSPS) is 9.83. The Hall–Kier alpha value is -1.65. The maximum atomic E-state index is 12.7. The second-order valence-corrected chi connectivity index (χ2v) is 2.12. The van der Waals surface area contributed by atoms with Gasteiger partial charge in [0.25, 0.3) is 5.91 Å². The third kappa shape index (κ3) is 1.20. The van der Waals surface area contributed by atoms with Gasteiger partial charge in [-0.05, 0) is 12.1 Å². The first-order valence-electron chi connectivity index (χ1n) is 3.01. The van der Waals surface area contributed by atoms with E-state index in [2.05, 4.69) is 5.73 Å². The lowest BCUT2D eigenvalue weighted by Crippen LogP contribution is -2.13. The van der Waals surface area contributed by atoms with E-state index in [1.54, 1.807) is 0 Å². The van der Waals surface area contributed by atoms with Gasteiger partial charge in [-0.3, -0.25) is 4.79 Å². The number of rotatable bonds is 1. The summed E-state index contributed by atoms with van der Waals surface area (Å²) >= 11 is 0. The smallest absolute Gasteiger partial charge is 0.255 e. The number of hydrogen-bond donors (Lipinski definition) is 2. The van der Waals surface area contributed by atoms with Crippen LogP contribution in [0.25, 0.3) is 0 Å². The predicted molar refractivity (Wildman–Crippen MR) is 36.5 cm³/mol. The molecule has 3 nitrogen and oxygen atoms in total. The molecule has 1 rings (SSSR count). The van der Waals surface area contributed by atoms with E-state index in [4.69, 9.17) is 5.11 Å². The van der Waals surface area contributed by atoms with Crippen molar-refractivity contribution >= 4 is 5.91 Å². The molecule has 64 valence electrons. The molecule has 0 aliphatic heterocycles. The minimum Gasteiger partial charge on any atom is -0.504 e. The molecular weight excluding hydrogens is 168 g/mol. The first kappa shape index (κ1) is 8.45. The van der Waals surface area contributed by atoms with Crippen molar-refractivity contribution in [1.29, 1.82) is 0 Å². The fourth-order valence-electron chi connectivity index (χ4n) is 0.776. The van der Waals surface area contributed by atoms with Gasteiger partial charge in [-0.25, -0.2) is 8.78 Å². The second kappa shape index (κ2) is 2.77. The Labute approximate surface area is 66.4 Å². The van der Waals surface area contributed by atoms with Crippen LogP contribution in [0.4, 0.5) is 8.78 Å². The number of nitrogens with two attached hydrogens (primary N) is 1. The van der Waals surface area contributed by atoms with Crippen LogP contribution in [0.5, 0.6) is 5.75 Å². The third-order valence-electron chi connectivity index (χ3n) is 1.32. The summed E-state index contributed by atoms with van der Waals surface area (Å²) in [6, 6.07) is 1.42. The summed E-state index contributed by atoms with van der Waals surface area (Å²) in [7, 11) is 0. The predicted octanol–water partition coefficient (Wildman–Crippen LogP) is 0.769. The maximum absolute atomic E-state index is 12.7. The fraction of sp³-hybridized carbons (Fsp3) is 0. The summed E-state index contributed by atoms with van der Waals surface area (Å²) in [6.07, 6.45) is 0. The molecule has 0 spiro atoms. The van der Waals surface area contributed by atoms with Crippen molar-refractivity contribution in [1.82, 2.24) is 0 Å². The summed E-state index contributed by atoms with van der Waals surface area (Å²) in [5.74, 6) is -4.38. The molecule has 0 fully saturated rings. The lowest BCUT2D eigenvalue weighted by Gasteiger charge is -2.01. The van der Waals surface area contributed by atoms with Gasteiger partial charge in [0.1, 0.15) is 11.4 Å². The largest absolute Gasteiger partial charge is 0.504 e. The molecule has 3 N–H and O–H groups in total. The number of amides is 1. The molecule has 0 bridgehead atoms. The third-order valence-corrected chi connectivity index (χ3v) is 1.32. The van der Waals surface area contributed by atoms with Crippen molar-refractivity contribution < 1.29 is 18.7 Å². The molecule has 0 aromatic heterocycles. The highest BCUT2D eigenvalue weighted by molar-refractivity contribution is 5.95. The number of carbonyl (C=O) groups is 1. The maximum Gasteiger partial charge on any atom is 0.255 e. The zero-order valence-electron chi connectivity index (χ0n) is 5.84. The van der Waals surface area contributed by atoms with Gasteiger partial charge >= 0.3 is 0 Å². The van der Waals surface area contributed by atoms with Gasteiger partial charge in [-0.2, -0.15) is 0 Å². The monoisotopic (exact) mass is 173 g/mol. The van der Waals surface area contributed by atoms with E-state index in [-0.39, 0.29) is 0 Å². The number of hydrogen-bond acceptors (Lipinski definition) is 2. The van der Waals surface area contributed by atoms with E-state index in [1.807, 2.05) is 0 Å². The van der Waals surface area contributed by atoms with Gasteiger partial charge in [0.15, 0.2) is 11.6 Å².